The molecule has 0 saturated carbocycles. The van der Waals surface area contributed by atoms with E-state index in [4.69, 9.17) is 0 Å². The minimum Gasteiger partial charge on any atom is -0.468 e. The number of methoxy groups -OCH3 is 1. The molecule has 0 aliphatic heterocycles. The molecular weight excluding hydrogens is 223 g/mol. The van der Waals surface area contributed by atoms with Crippen LogP contribution in [0.15, 0.2) is 0 Å². The first-order valence-electron chi connectivity index (χ1n) is 5.16. The Morgan fingerprint density at radius 2 is 1.94 bits per heavy atom. The molecule has 0 radical (unpaired) electrons. The van der Waals surface area contributed by atoms with Crippen LogP contribution in [0.25, 0.3) is 0 Å². The highest BCUT2D eigenvalue weighted by atomic mass is 19.4. The van der Waals surface area contributed by atoms with E-state index in [0.717, 1.165) is 0 Å². The number of halogens is 3. The molecule has 96 valence electrons. The summed E-state index contributed by atoms with van der Waals surface area (Å²) < 4.78 is 40.1. The summed E-state index contributed by atoms with van der Waals surface area (Å²) in [6, 6.07) is -0.543. The van der Waals surface area contributed by atoms with Gasteiger partial charge < -0.3 is 10.1 Å². The van der Waals surface area contributed by atoms with Gasteiger partial charge in [-0.1, -0.05) is 13.8 Å². The van der Waals surface area contributed by atoms with E-state index in [2.05, 4.69) is 10.1 Å². The van der Waals surface area contributed by atoms with E-state index in [-0.39, 0.29) is 18.9 Å². The summed E-state index contributed by atoms with van der Waals surface area (Å²) in [5.74, 6) is -0.458. The molecule has 3 nitrogen and oxygen atoms in total. The van der Waals surface area contributed by atoms with Gasteiger partial charge >= 0.3 is 12.1 Å². The number of hydrogen-bond acceptors (Lipinski definition) is 3. The standard InChI is InChI=1S/C10H18F3NO2/c1-7(2)8(9(15)16-3)14-6-4-5-10(11,12)13/h7-8,14H,4-6H2,1-3H3. The Morgan fingerprint density at radius 1 is 1.38 bits per heavy atom. The van der Waals surface area contributed by atoms with Crippen molar-refractivity contribution in [3.05, 3.63) is 0 Å². The third-order valence-corrected chi connectivity index (χ3v) is 2.12. The number of rotatable bonds is 6. The van der Waals surface area contributed by atoms with Crippen LogP contribution in [0.2, 0.25) is 0 Å². The lowest BCUT2D eigenvalue weighted by molar-refractivity contribution is -0.144. The van der Waals surface area contributed by atoms with Gasteiger partial charge in [-0.25, -0.2) is 0 Å². The predicted octanol–water partition coefficient (Wildman–Crippen LogP) is 2.12. The fraction of sp³-hybridized carbons (Fsp3) is 0.900. The maximum Gasteiger partial charge on any atom is 0.389 e. The average molecular weight is 241 g/mol. The first kappa shape index (κ1) is 15.2. The van der Waals surface area contributed by atoms with Crippen LogP contribution >= 0.6 is 0 Å². The van der Waals surface area contributed by atoms with E-state index in [9.17, 15) is 18.0 Å². The Morgan fingerprint density at radius 3 is 2.31 bits per heavy atom. The largest absolute Gasteiger partial charge is 0.468 e. The van der Waals surface area contributed by atoms with Gasteiger partial charge in [-0.2, -0.15) is 13.2 Å². The molecule has 0 amide bonds. The van der Waals surface area contributed by atoms with Crippen molar-refractivity contribution in [2.24, 2.45) is 5.92 Å². The van der Waals surface area contributed by atoms with Gasteiger partial charge in [0.2, 0.25) is 0 Å². The van der Waals surface area contributed by atoms with Crippen LogP contribution in [-0.4, -0.2) is 31.8 Å². The molecule has 0 aliphatic carbocycles. The highest BCUT2D eigenvalue weighted by Crippen LogP contribution is 2.20. The average Bonchev–Trinajstić information content (AvgIpc) is 2.14. The van der Waals surface area contributed by atoms with E-state index < -0.39 is 24.6 Å². The van der Waals surface area contributed by atoms with Crippen molar-refractivity contribution >= 4 is 5.97 Å². The van der Waals surface area contributed by atoms with Crippen LogP contribution in [0, 0.1) is 5.92 Å². The van der Waals surface area contributed by atoms with Crippen molar-refractivity contribution in [1.82, 2.24) is 5.32 Å². The molecular formula is C10H18F3NO2. The molecule has 16 heavy (non-hydrogen) atoms. The molecule has 0 spiro atoms. The summed E-state index contributed by atoms with van der Waals surface area (Å²) in [5, 5.41) is 2.77. The highest BCUT2D eigenvalue weighted by molar-refractivity contribution is 5.75. The number of carbonyl (C=O) groups is 1. The molecule has 1 atom stereocenters. The fourth-order valence-corrected chi connectivity index (χ4v) is 1.26. The zero-order valence-corrected chi connectivity index (χ0v) is 9.73. The van der Waals surface area contributed by atoms with Crippen LogP contribution in [0.1, 0.15) is 26.7 Å². The van der Waals surface area contributed by atoms with Gasteiger partial charge in [0.25, 0.3) is 0 Å². The SMILES string of the molecule is COC(=O)C(NCCCC(F)(F)F)C(C)C. The molecule has 0 aromatic heterocycles. The van der Waals surface area contributed by atoms with E-state index in [1.165, 1.54) is 7.11 Å². The molecule has 0 aromatic carbocycles. The molecule has 1 unspecified atom stereocenters. The lowest BCUT2D eigenvalue weighted by atomic mass is 10.0. The Bertz CT molecular complexity index is 217. The molecule has 0 aliphatic rings. The topological polar surface area (TPSA) is 38.3 Å². The van der Waals surface area contributed by atoms with Gasteiger partial charge in [-0.15, -0.1) is 0 Å². The van der Waals surface area contributed by atoms with Gasteiger partial charge in [0.15, 0.2) is 0 Å². The first-order chi connectivity index (χ1) is 7.28. The van der Waals surface area contributed by atoms with Crippen LogP contribution in [0.4, 0.5) is 13.2 Å². The lowest BCUT2D eigenvalue weighted by Crippen LogP contribution is -2.42. The summed E-state index contributed by atoms with van der Waals surface area (Å²) in [6.45, 7) is 3.76. The van der Waals surface area contributed by atoms with Crippen molar-refractivity contribution in [3.63, 3.8) is 0 Å². The summed E-state index contributed by atoms with van der Waals surface area (Å²) >= 11 is 0. The van der Waals surface area contributed by atoms with Crippen molar-refractivity contribution in [2.75, 3.05) is 13.7 Å². The summed E-state index contributed by atoms with van der Waals surface area (Å²) in [4.78, 5) is 11.2. The number of hydrogen-bond donors (Lipinski definition) is 1. The van der Waals surface area contributed by atoms with Gasteiger partial charge in [-0.3, -0.25) is 4.79 Å². The lowest BCUT2D eigenvalue weighted by Gasteiger charge is -2.19. The predicted molar refractivity (Wildman–Crippen MR) is 53.9 cm³/mol. The van der Waals surface area contributed by atoms with Crippen molar-refractivity contribution in [2.45, 2.75) is 38.9 Å². The Hall–Kier alpha value is -0.780. The third kappa shape index (κ3) is 6.66. The molecule has 0 saturated heterocycles. The minimum atomic E-state index is -4.14. The molecule has 0 aromatic rings. The number of carbonyl (C=O) groups excluding carboxylic acids is 1. The second-order valence-corrected chi connectivity index (χ2v) is 3.92. The first-order valence-corrected chi connectivity index (χ1v) is 5.16. The minimum absolute atomic E-state index is 0.0154. The zero-order chi connectivity index (χ0) is 12.8. The molecule has 1 N–H and O–H groups in total. The number of esters is 1. The third-order valence-electron chi connectivity index (χ3n) is 2.12. The van der Waals surface area contributed by atoms with Crippen molar-refractivity contribution in [3.8, 4) is 0 Å². The maximum atomic E-state index is 11.8. The van der Waals surface area contributed by atoms with E-state index in [1.54, 1.807) is 13.8 Å². The smallest absolute Gasteiger partial charge is 0.389 e. The Labute approximate surface area is 93.3 Å². The van der Waals surface area contributed by atoms with Gasteiger partial charge in [0.05, 0.1) is 7.11 Å². The summed E-state index contributed by atoms with van der Waals surface area (Å²) in [7, 11) is 1.26. The summed E-state index contributed by atoms with van der Waals surface area (Å²) in [5.41, 5.74) is 0. The van der Waals surface area contributed by atoms with Gasteiger partial charge in [-0.05, 0) is 18.9 Å². The Kier molecular flexibility index (Phi) is 6.40. The number of ether oxygens (including phenoxy) is 1. The van der Waals surface area contributed by atoms with E-state index in [1.807, 2.05) is 0 Å². The molecule has 0 bridgehead atoms. The molecule has 0 fully saturated rings. The maximum absolute atomic E-state index is 11.8. The quantitative estimate of drug-likeness (QED) is 0.571. The van der Waals surface area contributed by atoms with Gasteiger partial charge in [0, 0.05) is 6.42 Å². The number of nitrogens with one attached hydrogen (secondary N) is 1. The Balaban J connectivity index is 3.91. The molecule has 0 heterocycles. The zero-order valence-electron chi connectivity index (χ0n) is 9.73. The van der Waals surface area contributed by atoms with Crippen molar-refractivity contribution < 1.29 is 22.7 Å². The van der Waals surface area contributed by atoms with Gasteiger partial charge in [0.1, 0.15) is 6.04 Å². The normalized spacial score (nSPS) is 13.9. The molecule has 6 heteroatoms. The van der Waals surface area contributed by atoms with Crippen LogP contribution in [-0.2, 0) is 9.53 Å². The van der Waals surface area contributed by atoms with Crippen LogP contribution in [0.3, 0.4) is 0 Å². The second kappa shape index (κ2) is 6.73. The monoisotopic (exact) mass is 241 g/mol. The highest BCUT2D eigenvalue weighted by Gasteiger charge is 2.27. The number of alkyl halides is 3. The fourth-order valence-electron chi connectivity index (χ4n) is 1.26. The van der Waals surface area contributed by atoms with Crippen LogP contribution in [0.5, 0.6) is 0 Å². The van der Waals surface area contributed by atoms with Crippen molar-refractivity contribution in [1.29, 1.82) is 0 Å². The summed E-state index contributed by atoms with van der Waals surface area (Å²) in [6.07, 6.45) is -5.02. The van der Waals surface area contributed by atoms with E-state index in [0.29, 0.717) is 0 Å². The second-order valence-electron chi connectivity index (χ2n) is 3.92. The van der Waals surface area contributed by atoms with Crippen LogP contribution < -0.4 is 5.32 Å². The van der Waals surface area contributed by atoms with E-state index >= 15 is 0 Å². The molecule has 0 rings (SSSR count).